The van der Waals surface area contributed by atoms with Gasteiger partial charge in [-0.25, -0.2) is 4.98 Å². The number of imidazole rings is 1. The molecule has 0 aromatic carbocycles. The fraction of sp³-hybridized carbons (Fsp3) is 0.800. The van der Waals surface area contributed by atoms with E-state index in [-0.39, 0.29) is 0 Å². The molecular weight excluding hydrogens is 238 g/mol. The first-order chi connectivity index (χ1) is 9.24. The maximum absolute atomic E-state index is 5.35. The summed E-state index contributed by atoms with van der Waals surface area (Å²) in [5.74, 6) is 1.79. The number of nitrogens with one attached hydrogen (secondary N) is 1. The Morgan fingerprint density at radius 2 is 2.16 bits per heavy atom. The molecule has 0 unspecified atom stereocenters. The molecule has 0 atom stereocenters. The van der Waals surface area contributed by atoms with Crippen LogP contribution in [-0.4, -0.2) is 29.3 Å². The Morgan fingerprint density at radius 3 is 2.89 bits per heavy atom. The van der Waals surface area contributed by atoms with Gasteiger partial charge in [-0.1, -0.05) is 26.7 Å². The quantitative estimate of drug-likeness (QED) is 0.623. The van der Waals surface area contributed by atoms with Gasteiger partial charge in [-0.05, 0) is 25.7 Å². The molecule has 19 heavy (non-hydrogen) atoms. The third-order valence-corrected chi connectivity index (χ3v) is 3.10. The average molecular weight is 267 g/mol. The molecule has 1 rings (SSSR count). The normalized spacial score (nSPS) is 11.2. The van der Waals surface area contributed by atoms with E-state index in [0.29, 0.717) is 0 Å². The molecular formula is C15H29N3O. The zero-order chi connectivity index (χ0) is 13.9. The van der Waals surface area contributed by atoms with Crippen molar-refractivity contribution in [2.45, 2.75) is 53.0 Å². The van der Waals surface area contributed by atoms with E-state index < -0.39 is 0 Å². The van der Waals surface area contributed by atoms with Gasteiger partial charge in [0.2, 0.25) is 5.95 Å². The molecule has 4 heteroatoms. The lowest BCUT2D eigenvalue weighted by Gasteiger charge is -2.10. The van der Waals surface area contributed by atoms with Crippen LogP contribution in [0, 0.1) is 5.92 Å². The third-order valence-electron chi connectivity index (χ3n) is 3.10. The molecule has 0 saturated carbocycles. The molecule has 0 aliphatic rings. The summed E-state index contributed by atoms with van der Waals surface area (Å²) in [6.45, 7) is 10.2. The van der Waals surface area contributed by atoms with E-state index in [1.54, 1.807) is 0 Å². The summed E-state index contributed by atoms with van der Waals surface area (Å²) in [4.78, 5) is 4.36. The monoisotopic (exact) mass is 267 g/mol. The highest BCUT2D eigenvalue weighted by molar-refractivity contribution is 5.25. The molecule has 0 bridgehead atoms. The van der Waals surface area contributed by atoms with Crippen LogP contribution in [0.15, 0.2) is 12.4 Å². The first-order valence-electron chi connectivity index (χ1n) is 7.56. The predicted octanol–water partition coefficient (Wildman–Crippen LogP) is 3.55. The molecule has 1 N–H and O–H groups in total. The second-order valence-electron chi connectivity index (χ2n) is 5.31. The lowest BCUT2D eigenvalue weighted by Crippen LogP contribution is -2.10. The zero-order valence-electron chi connectivity index (χ0n) is 12.7. The Morgan fingerprint density at radius 1 is 1.32 bits per heavy atom. The number of ether oxygens (including phenoxy) is 1. The maximum Gasteiger partial charge on any atom is 0.202 e. The first-order valence-corrected chi connectivity index (χ1v) is 7.56. The Kier molecular flexibility index (Phi) is 8.30. The maximum atomic E-state index is 5.35. The molecule has 0 fully saturated rings. The fourth-order valence-electron chi connectivity index (χ4n) is 2.02. The number of rotatable bonds is 11. The number of aryl methyl sites for hydroxylation is 1. The Hall–Kier alpha value is -1.03. The standard InChI is InChI=1S/C15H29N3O/c1-4-19-13-7-11-18-12-10-17-15(18)16-9-6-5-8-14(2)3/h10,12,14H,4-9,11,13H2,1-3H3,(H,16,17). The van der Waals surface area contributed by atoms with E-state index in [0.717, 1.165) is 44.6 Å². The van der Waals surface area contributed by atoms with Gasteiger partial charge in [-0.3, -0.25) is 0 Å². The van der Waals surface area contributed by atoms with Crippen LogP contribution in [0.2, 0.25) is 0 Å². The third kappa shape index (κ3) is 7.21. The van der Waals surface area contributed by atoms with Crippen molar-refractivity contribution in [2.75, 3.05) is 25.1 Å². The van der Waals surface area contributed by atoms with Gasteiger partial charge in [-0.2, -0.15) is 0 Å². The number of unbranched alkanes of at least 4 members (excludes halogenated alkanes) is 1. The molecule has 110 valence electrons. The highest BCUT2D eigenvalue weighted by Gasteiger charge is 2.01. The number of anilines is 1. The van der Waals surface area contributed by atoms with Gasteiger partial charge < -0.3 is 14.6 Å². The van der Waals surface area contributed by atoms with E-state index in [1.165, 1.54) is 19.3 Å². The lowest BCUT2D eigenvalue weighted by molar-refractivity contribution is 0.142. The van der Waals surface area contributed by atoms with E-state index in [4.69, 9.17) is 4.74 Å². The van der Waals surface area contributed by atoms with Crippen molar-refractivity contribution in [3.8, 4) is 0 Å². The summed E-state index contributed by atoms with van der Waals surface area (Å²) in [6, 6.07) is 0. The summed E-state index contributed by atoms with van der Waals surface area (Å²) < 4.78 is 7.52. The van der Waals surface area contributed by atoms with Gasteiger partial charge in [0.1, 0.15) is 0 Å². The van der Waals surface area contributed by atoms with Gasteiger partial charge in [0.05, 0.1) is 0 Å². The molecule has 0 saturated heterocycles. The average Bonchev–Trinajstić information content (AvgIpc) is 2.81. The molecule has 0 aliphatic carbocycles. The highest BCUT2D eigenvalue weighted by atomic mass is 16.5. The summed E-state index contributed by atoms with van der Waals surface area (Å²) >= 11 is 0. The molecule has 1 aromatic rings. The molecule has 1 aromatic heterocycles. The summed E-state index contributed by atoms with van der Waals surface area (Å²) in [5.41, 5.74) is 0. The molecule has 1 heterocycles. The minimum Gasteiger partial charge on any atom is -0.382 e. The number of hydrogen-bond donors (Lipinski definition) is 1. The predicted molar refractivity (Wildman–Crippen MR) is 80.5 cm³/mol. The van der Waals surface area contributed by atoms with Crippen LogP contribution < -0.4 is 5.32 Å². The second-order valence-corrected chi connectivity index (χ2v) is 5.31. The minimum atomic E-state index is 0.797. The smallest absolute Gasteiger partial charge is 0.202 e. The minimum absolute atomic E-state index is 0.797. The van der Waals surface area contributed by atoms with Crippen LogP contribution in [0.3, 0.4) is 0 Å². The Bertz CT molecular complexity index is 323. The number of hydrogen-bond acceptors (Lipinski definition) is 3. The summed E-state index contributed by atoms with van der Waals surface area (Å²) in [6.07, 6.45) is 8.73. The largest absolute Gasteiger partial charge is 0.382 e. The molecule has 0 amide bonds. The van der Waals surface area contributed by atoms with Crippen molar-refractivity contribution in [2.24, 2.45) is 5.92 Å². The zero-order valence-corrected chi connectivity index (χ0v) is 12.7. The van der Waals surface area contributed by atoms with E-state index in [2.05, 4.69) is 28.7 Å². The van der Waals surface area contributed by atoms with Crippen LogP contribution in [0.1, 0.15) is 46.5 Å². The van der Waals surface area contributed by atoms with Gasteiger partial charge in [-0.15, -0.1) is 0 Å². The van der Waals surface area contributed by atoms with Crippen molar-refractivity contribution >= 4 is 5.95 Å². The molecule has 4 nitrogen and oxygen atoms in total. The topological polar surface area (TPSA) is 39.1 Å². The van der Waals surface area contributed by atoms with Crippen LogP contribution >= 0.6 is 0 Å². The van der Waals surface area contributed by atoms with Crippen LogP contribution in [-0.2, 0) is 11.3 Å². The number of nitrogens with zero attached hydrogens (tertiary/aromatic N) is 2. The second kappa shape index (κ2) is 9.84. The number of aromatic nitrogens is 2. The van der Waals surface area contributed by atoms with E-state index in [9.17, 15) is 0 Å². The van der Waals surface area contributed by atoms with E-state index in [1.807, 2.05) is 19.3 Å². The van der Waals surface area contributed by atoms with Gasteiger partial charge in [0.25, 0.3) is 0 Å². The fourth-order valence-corrected chi connectivity index (χ4v) is 2.02. The van der Waals surface area contributed by atoms with Crippen molar-refractivity contribution in [1.29, 1.82) is 0 Å². The van der Waals surface area contributed by atoms with Crippen molar-refractivity contribution in [3.05, 3.63) is 12.4 Å². The first kappa shape index (κ1) is 16.0. The van der Waals surface area contributed by atoms with Gasteiger partial charge in [0.15, 0.2) is 0 Å². The lowest BCUT2D eigenvalue weighted by atomic mass is 10.1. The Balaban J connectivity index is 2.17. The highest BCUT2D eigenvalue weighted by Crippen LogP contribution is 2.08. The molecule has 0 spiro atoms. The molecule has 0 radical (unpaired) electrons. The van der Waals surface area contributed by atoms with E-state index >= 15 is 0 Å². The SMILES string of the molecule is CCOCCCn1ccnc1NCCCCC(C)C. The van der Waals surface area contributed by atoms with Gasteiger partial charge in [0, 0.05) is 38.7 Å². The van der Waals surface area contributed by atoms with Crippen LogP contribution in [0.5, 0.6) is 0 Å². The van der Waals surface area contributed by atoms with Crippen molar-refractivity contribution in [1.82, 2.24) is 9.55 Å². The summed E-state index contributed by atoms with van der Waals surface area (Å²) in [7, 11) is 0. The van der Waals surface area contributed by atoms with Crippen molar-refractivity contribution in [3.63, 3.8) is 0 Å². The summed E-state index contributed by atoms with van der Waals surface area (Å²) in [5, 5.41) is 3.42. The molecule has 0 aliphatic heterocycles. The van der Waals surface area contributed by atoms with Crippen molar-refractivity contribution < 1.29 is 4.74 Å². The van der Waals surface area contributed by atoms with Crippen LogP contribution in [0.25, 0.3) is 0 Å². The van der Waals surface area contributed by atoms with Gasteiger partial charge >= 0.3 is 0 Å². The van der Waals surface area contributed by atoms with Crippen LogP contribution in [0.4, 0.5) is 5.95 Å². The Labute approximate surface area is 117 Å².